The Kier molecular flexibility index (Phi) is 67.2. The number of ether oxygens (including phenoxy) is 3. The second kappa shape index (κ2) is 70.6. The van der Waals surface area contributed by atoms with E-state index in [1.165, 1.54) is 180 Å². The average molecular weight is 1150 g/mol. The van der Waals surface area contributed by atoms with Gasteiger partial charge in [-0.2, -0.15) is 0 Å². The van der Waals surface area contributed by atoms with E-state index in [-0.39, 0.29) is 31.1 Å². The van der Waals surface area contributed by atoms with Gasteiger partial charge in [0.1, 0.15) is 13.2 Å². The van der Waals surface area contributed by atoms with Gasteiger partial charge in [-0.1, -0.05) is 342 Å². The van der Waals surface area contributed by atoms with Crippen molar-refractivity contribution in [2.75, 3.05) is 13.2 Å². The van der Waals surface area contributed by atoms with Crippen molar-refractivity contribution in [2.24, 2.45) is 0 Å². The van der Waals surface area contributed by atoms with Crippen LogP contribution in [0.3, 0.4) is 0 Å². The van der Waals surface area contributed by atoms with Gasteiger partial charge in [0.15, 0.2) is 6.10 Å². The number of carbonyl (C=O) groups is 3. The highest BCUT2D eigenvalue weighted by Crippen LogP contribution is 2.17. The summed E-state index contributed by atoms with van der Waals surface area (Å²) in [4.78, 5) is 38.2. The Morgan fingerprint density at radius 3 is 0.735 bits per heavy atom. The van der Waals surface area contributed by atoms with E-state index < -0.39 is 6.10 Å². The number of unbranched alkanes of at least 4 members (excludes halogenated alkanes) is 35. The lowest BCUT2D eigenvalue weighted by molar-refractivity contribution is -0.167. The standard InChI is InChI=1S/C77H132O6/c1-4-7-10-13-16-19-21-23-25-27-29-31-33-34-35-36-37-38-39-40-41-42-43-44-45-47-48-50-52-54-56-58-61-64-67-70-76(79)82-73-74(72-81-75(78)69-66-63-60-18-15-12-9-6-3)83-77(80)71-68-65-62-59-57-55-53-51-49-46-32-30-28-26-24-22-20-17-14-11-8-5-2/h7,10,16,19,23,25,29,31,34-35,37-38,40-41,43-44,47-48,74H,4-6,8-9,11-15,17-18,20-22,24,26-28,30,32-33,36,39,42,45-46,49-73H2,1-3H3/b10-7-,19-16-,25-23-,31-29-,35-34-,38-37-,41-40-,44-43-,48-47-. The highest BCUT2D eigenvalue weighted by atomic mass is 16.6. The Bertz CT molecular complexity index is 1660. The van der Waals surface area contributed by atoms with Gasteiger partial charge in [0.2, 0.25) is 0 Å². The fraction of sp³-hybridized carbons (Fsp3) is 0.727. The highest BCUT2D eigenvalue weighted by molar-refractivity contribution is 5.71. The largest absolute Gasteiger partial charge is 0.462 e. The summed E-state index contributed by atoms with van der Waals surface area (Å²) in [6, 6.07) is 0. The number of carbonyl (C=O) groups excluding carboxylic acids is 3. The van der Waals surface area contributed by atoms with Crippen molar-refractivity contribution in [1.82, 2.24) is 0 Å². The van der Waals surface area contributed by atoms with Crippen LogP contribution in [0.4, 0.5) is 0 Å². The molecule has 0 N–H and O–H groups in total. The molecular formula is C77H132O6. The van der Waals surface area contributed by atoms with Gasteiger partial charge >= 0.3 is 17.9 Å². The zero-order valence-corrected chi connectivity index (χ0v) is 54.7. The lowest BCUT2D eigenvalue weighted by atomic mass is 10.0. The first-order valence-corrected chi connectivity index (χ1v) is 35.4. The minimum absolute atomic E-state index is 0.0772. The van der Waals surface area contributed by atoms with Crippen molar-refractivity contribution in [3.8, 4) is 0 Å². The number of hydrogen-bond donors (Lipinski definition) is 0. The minimum atomic E-state index is -0.780. The van der Waals surface area contributed by atoms with Gasteiger partial charge in [0.25, 0.3) is 0 Å². The summed E-state index contributed by atoms with van der Waals surface area (Å²) in [6.07, 6.45) is 97.1. The molecule has 6 nitrogen and oxygen atoms in total. The molecule has 0 aliphatic carbocycles. The molecule has 476 valence electrons. The molecule has 0 radical (unpaired) electrons. The van der Waals surface area contributed by atoms with E-state index in [0.29, 0.717) is 19.3 Å². The Morgan fingerprint density at radius 2 is 0.470 bits per heavy atom. The van der Waals surface area contributed by atoms with Crippen LogP contribution in [-0.4, -0.2) is 37.2 Å². The maximum Gasteiger partial charge on any atom is 0.306 e. The van der Waals surface area contributed by atoms with Gasteiger partial charge in [0, 0.05) is 19.3 Å². The van der Waals surface area contributed by atoms with Crippen molar-refractivity contribution < 1.29 is 28.6 Å². The van der Waals surface area contributed by atoms with E-state index >= 15 is 0 Å². The van der Waals surface area contributed by atoms with Gasteiger partial charge in [-0.3, -0.25) is 14.4 Å². The maximum atomic E-state index is 12.9. The summed E-state index contributed by atoms with van der Waals surface area (Å²) >= 11 is 0. The fourth-order valence-corrected chi connectivity index (χ4v) is 10.0. The molecule has 0 aromatic carbocycles. The molecule has 0 saturated carbocycles. The lowest BCUT2D eigenvalue weighted by Crippen LogP contribution is -2.30. The number of hydrogen-bond acceptors (Lipinski definition) is 6. The predicted molar refractivity (Wildman–Crippen MR) is 362 cm³/mol. The molecule has 0 aliphatic rings. The van der Waals surface area contributed by atoms with Crippen molar-refractivity contribution in [1.29, 1.82) is 0 Å². The molecule has 0 bridgehead atoms. The van der Waals surface area contributed by atoms with Crippen LogP contribution in [0, 0.1) is 0 Å². The first kappa shape index (κ1) is 79.1. The van der Waals surface area contributed by atoms with E-state index in [9.17, 15) is 14.4 Å². The second-order valence-electron chi connectivity index (χ2n) is 23.4. The van der Waals surface area contributed by atoms with Crippen LogP contribution in [0.15, 0.2) is 109 Å². The molecule has 0 saturated heterocycles. The van der Waals surface area contributed by atoms with E-state index in [0.717, 1.165) is 122 Å². The van der Waals surface area contributed by atoms with E-state index in [4.69, 9.17) is 14.2 Å². The Balaban J connectivity index is 4.15. The van der Waals surface area contributed by atoms with Gasteiger partial charge in [-0.25, -0.2) is 0 Å². The predicted octanol–water partition coefficient (Wildman–Crippen LogP) is 24.6. The molecule has 0 aliphatic heterocycles. The third kappa shape index (κ3) is 68.7. The molecule has 83 heavy (non-hydrogen) atoms. The van der Waals surface area contributed by atoms with Gasteiger partial charge in [0.05, 0.1) is 0 Å². The van der Waals surface area contributed by atoms with Gasteiger partial charge in [-0.05, 0) is 89.9 Å². The molecule has 0 heterocycles. The monoisotopic (exact) mass is 1150 g/mol. The van der Waals surface area contributed by atoms with Crippen molar-refractivity contribution in [2.45, 2.75) is 348 Å². The molecule has 0 aromatic rings. The minimum Gasteiger partial charge on any atom is -0.462 e. The zero-order valence-electron chi connectivity index (χ0n) is 54.7. The average Bonchev–Trinajstić information content (AvgIpc) is 3.49. The molecule has 0 rings (SSSR count). The molecular weight excluding hydrogens is 1020 g/mol. The Hall–Kier alpha value is -3.93. The number of allylic oxidation sites excluding steroid dienone is 18. The van der Waals surface area contributed by atoms with E-state index in [1.807, 2.05) is 0 Å². The summed E-state index contributed by atoms with van der Waals surface area (Å²) in [5, 5.41) is 0. The summed E-state index contributed by atoms with van der Waals surface area (Å²) in [5.41, 5.74) is 0. The van der Waals surface area contributed by atoms with Crippen molar-refractivity contribution in [3.05, 3.63) is 109 Å². The number of rotatable bonds is 64. The Labute approximate surface area is 514 Å². The molecule has 0 spiro atoms. The SMILES string of the molecule is CC/C=C\C/C=C\C/C=C\C/C=C\C/C=C\C/C=C\C/C=C\C/C=C\C/C=C\CCCCCCCCCC(=O)OCC(COC(=O)CCCCCCCCCC)OC(=O)CCCCCCCCCCCCCCCCCCCCCCCC. The van der Waals surface area contributed by atoms with Crippen LogP contribution < -0.4 is 0 Å². The summed E-state index contributed by atoms with van der Waals surface area (Å²) in [7, 11) is 0. The van der Waals surface area contributed by atoms with Crippen LogP contribution in [0.5, 0.6) is 0 Å². The molecule has 6 heteroatoms. The molecule has 1 unspecified atom stereocenters. The van der Waals surface area contributed by atoms with Crippen LogP contribution >= 0.6 is 0 Å². The number of esters is 3. The fourth-order valence-electron chi connectivity index (χ4n) is 10.0. The van der Waals surface area contributed by atoms with Crippen LogP contribution in [0.25, 0.3) is 0 Å². The van der Waals surface area contributed by atoms with Gasteiger partial charge < -0.3 is 14.2 Å². The lowest BCUT2D eigenvalue weighted by Gasteiger charge is -2.18. The molecule has 1 atom stereocenters. The second-order valence-corrected chi connectivity index (χ2v) is 23.4. The topological polar surface area (TPSA) is 78.9 Å². The summed E-state index contributed by atoms with van der Waals surface area (Å²) in [5.74, 6) is -0.879. The third-order valence-electron chi connectivity index (χ3n) is 15.3. The summed E-state index contributed by atoms with van der Waals surface area (Å²) in [6.45, 7) is 6.53. The molecule has 0 amide bonds. The van der Waals surface area contributed by atoms with Crippen molar-refractivity contribution in [3.63, 3.8) is 0 Å². The van der Waals surface area contributed by atoms with Gasteiger partial charge in [-0.15, -0.1) is 0 Å². The summed E-state index contributed by atoms with van der Waals surface area (Å²) < 4.78 is 16.9. The first-order chi connectivity index (χ1) is 41.0. The molecule has 0 aromatic heterocycles. The molecule has 0 fully saturated rings. The first-order valence-electron chi connectivity index (χ1n) is 35.4. The Morgan fingerprint density at radius 1 is 0.253 bits per heavy atom. The van der Waals surface area contributed by atoms with E-state index in [2.05, 4.69) is 130 Å². The van der Waals surface area contributed by atoms with E-state index in [1.54, 1.807) is 0 Å². The quantitative estimate of drug-likeness (QED) is 0.0261. The third-order valence-corrected chi connectivity index (χ3v) is 15.3. The van der Waals surface area contributed by atoms with Crippen molar-refractivity contribution >= 4 is 17.9 Å². The van der Waals surface area contributed by atoms with Crippen LogP contribution in [0.2, 0.25) is 0 Å². The normalized spacial score (nSPS) is 12.8. The zero-order chi connectivity index (χ0) is 59.9. The van der Waals surface area contributed by atoms with Crippen LogP contribution in [-0.2, 0) is 28.6 Å². The smallest absolute Gasteiger partial charge is 0.306 e. The maximum absolute atomic E-state index is 12.9. The van der Waals surface area contributed by atoms with Crippen LogP contribution in [0.1, 0.15) is 342 Å². The highest BCUT2D eigenvalue weighted by Gasteiger charge is 2.19.